The predicted molar refractivity (Wildman–Crippen MR) is 102 cm³/mol. The van der Waals surface area contributed by atoms with Crippen molar-refractivity contribution in [3.05, 3.63) is 82.8 Å². The molecule has 4 nitrogen and oxygen atoms in total. The molecule has 1 aromatic heterocycles. The van der Waals surface area contributed by atoms with Crippen LogP contribution in [0.25, 0.3) is 22.6 Å². The molecule has 0 bridgehead atoms. The third-order valence-electron chi connectivity index (χ3n) is 3.79. The Labute approximate surface area is 152 Å². The van der Waals surface area contributed by atoms with E-state index >= 15 is 0 Å². The van der Waals surface area contributed by atoms with Crippen LogP contribution in [0.4, 0.5) is 5.69 Å². The molecule has 122 valence electrons. The van der Waals surface area contributed by atoms with Crippen molar-refractivity contribution in [3.63, 3.8) is 0 Å². The lowest BCUT2D eigenvalue weighted by Crippen LogP contribution is -2.11. The van der Waals surface area contributed by atoms with Crippen LogP contribution in [0.2, 0.25) is 0 Å². The maximum absolute atomic E-state index is 12.2. The van der Waals surface area contributed by atoms with E-state index in [1.807, 2.05) is 60.7 Å². The molecule has 1 heterocycles. The van der Waals surface area contributed by atoms with Crippen LogP contribution in [-0.4, -0.2) is 10.9 Å². The van der Waals surface area contributed by atoms with E-state index in [0.29, 0.717) is 17.1 Å². The van der Waals surface area contributed by atoms with Crippen molar-refractivity contribution in [2.24, 2.45) is 0 Å². The Morgan fingerprint density at radius 1 is 0.920 bits per heavy atom. The summed E-state index contributed by atoms with van der Waals surface area (Å²) in [6, 6.07) is 22.3. The molecular formula is C20H13BrN2O2. The van der Waals surface area contributed by atoms with Crippen molar-refractivity contribution in [1.29, 1.82) is 0 Å². The van der Waals surface area contributed by atoms with Gasteiger partial charge in [0.15, 0.2) is 5.58 Å². The molecule has 0 aliphatic heterocycles. The Hall–Kier alpha value is -2.92. The minimum Gasteiger partial charge on any atom is -0.436 e. The molecule has 4 aromatic rings. The zero-order valence-corrected chi connectivity index (χ0v) is 14.7. The molecule has 0 atom stereocenters. The number of amides is 1. The number of nitrogens with zero attached hydrogens (tertiary/aromatic N) is 1. The van der Waals surface area contributed by atoms with Crippen molar-refractivity contribution >= 4 is 38.6 Å². The summed E-state index contributed by atoms with van der Waals surface area (Å²) < 4.78 is 6.69. The summed E-state index contributed by atoms with van der Waals surface area (Å²) in [6.45, 7) is 0. The zero-order chi connectivity index (χ0) is 17.2. The van der Waals surface area contributed by atoms with Gasteiger partial charge < -0.3 is 9.73 Å². The summed E-state index contributed by atoms with van der Waals surface area (Å²) in [5.74, 6) is 0.411. The highest BCUT2D eigenvalue weighted by atomic mass is 79.9. The van der Waals surface area contributed by atoms with E-state index in [1.54, 1.807) is 12.1 Å². The first kappa shape index (κ1) is 15.6. The molecule has 0 aliphatic carbocycles. The van der Waals surface area contributed by atoms with Crippen LogP contribution in [-0.2, 0) is 0 Å². The van der Waals surface area contributed by atoms with Gasteiger partial charge in [-0.2, -0.15) is 0 Å². The number of benzene rings is 3. The maximum Gasteiger partial charge on any atom is 0.255 e. The Bertz CT molecular complexity index is 1000. The number of aromatic nitrogens is 1. The van der Waals surface area contributed by atoms with E-state index in [2.05, 4.69) is 26.2 Å². The fraction of sp³-hybridized carbons (Fsp3) is 0. The fourth-order valence-electron chi connectivity index (χ4n) is 2.50. The first-order valence-corrected chi connectivity index (χ1v) is 8.51. The van der Waals surface area contributed by atoms with Crippen molar-refractivity contribution in [2.45, 2.75) is 0 Å². The number of rotatable bonds is 3. The van der Waals surface area contributed by atoms with Crippen molar-refractivity contribution in [1.82, 2.24) is 4.98 Å². The molecular weight excluding hydrogens is 380 g/mol. The van der Waals surface area contributed by atoms with Gasteiger partial charge in [-0.15, -0.1) is 0 Å². The second-order valence-corrected chi connectivity index (χ2v) is 6.44. The van der Waals surface area contributed by atoms with Gasteiger partial charge in [0.2, 0.25) is 5.89 Å². The molecule has 0 fully saturated rings. The van der Waals surface area contributed by atoms with Crippen LogP contribution in [0.15, 0.2) is 81.7 Å². The summed E-state index contributed by atoms with van der Waals surface area (Å²) in [6.07, 6.45) is 0. The standard InChI is InChI=1S/C20H13BrN2O2/c21-15-9-5-13(6-10-15)19(24)22-16-11-7-14(8-12-16)20-23-17-3-1-2-4-18(17)25-20/h1-12H,(H,22,24). The van der Waals surface area contributed by atoms with Gasteiger partial charge in [0.1, 0.15) is 5.52 Å². The SMILES string of the molecule is O=C(Nc1ccc(-c2nc3ccccc3o2)cc1)c1ccc(Br)cc1. The number of fused-ring (bicyclic) bond motifs is 1. The Balaban J connectivity index is 1.53. The van der Waals surface area contributed by atoms with Crippen LogP contribution >= 0.6 is 15.9 Å². The smallest absolute Gasteiger partial charge is 0.255 e. The molecule has 0 saturated carbocycles. The molecule has 1 N–H and O–H groups in total. The summed E-state index contributed by atoms with van der Waals surface area (Å²) in [4.78, 5) is 16.7. The first-order valence-electron chi connectivity index (χ1n) is 7.72. The molecule has 0 spiro atoms. The third-order valence-corrected chi connectivity index (χ3v) is 4.32. The van der Waals surface area contributed by atoms with E-state index < -0.39 is 0 Å². The van der Waals surface area contributed by atoms with E-state index in [1.165, 1.54) is 0 Å². The van der Waals surface area contributed by atoms with Gasteiger partial charge in [-0.05, 0) is 60.7 Å². The lowest BCUT2D eigenvalue weighted by molar-refractivity contribution is 0.102. The molecule has 0 aliphatic rings. The number of carbonyl (C=O) groups excluding carboxylic acids is 1. The minimum absolute atomic E-state index is 0.151. The van der Waals surface area contributed by atoms with E-state index in [4.69, 9.17) is 4.42 Å². The van der Waals surface area contributed by atoms with Crippen LogP contribution in [0, 0.1) is 0 Å². The molecule has 1 amide bonds. The number of oxazole rings is 1. The van der Waals surface area contributed by atoms with Gasteiger partial charge in [-0.1, -0.05) is 28.1 Å². The first-order chi connectivity index (χ1) is 12.2. The zero-order valence-electron chi connectivity index (χ0n) is 13.1. The Morgan fingerprint density at radius 3 is 2.36 bits per heavy atom. The highest BCUT2D eigenvalue weighted by Gasteiger charge is 2.09. The second-order valence-electron chi connectivity index (χ2n) is 5.53. The fourth-order valence-corrected chi connectivity index (χ4v) is 2.76. The Kier molecular flexibility index (Phi) is 4.07. The minimum atomic E-state index is -0.151. The molecule has 0 unspecified atom stereocenters. The number of anilines is 1. The van der Waals surface area contributed by atoms with E-state index in [9.17, 15) is 4.79 Å². The molecule has 4 rings (SSSR count). The normalized spacial score (nSPS) is 10.8. The van der Waals surface area contributed by atoms with E-state index in [-0.39, 0.29) is 5.91 Å². The molecule has 3 aromatic carbocycles. The van der Waals surface area contributed by atoms with Gasteiger partial charge in [-0.3, -0.25) is 4.79 Å². The van der Waals surface area contributed by atoms with Crippen LogP contribution < -0.4 is 5.32 Å². The number of nitrogens with one attached hydrogen (secondary N) is 1. The summed E-state index contributed by atoms with van der Waals surface area (Å²) >= 11 is 3.36. The summed E-state index contributed by atoms with van der Waals surface area (Å²) in [5, 5.41) is 2.88. The van der Waals surface area contributed by atoms with Crippen molar-refractivity contribution in [3.8, 4) is 11.5 Å². The predicted octanol–water partition coefficient (Wildman–Crippen LogP) is 5.51. The lowest BCUT2D eigenvalue weighted by atomic mass is 10.2. The van der Waals surface area contributed by atoms with Crippen molar-refractivity contribution < 1.29 is 9.21 Å². The third kappa shape index (κ3) is 3.32. The van der Waals surface area contributed by atoms with Crippen molar-refractivity contribution in [2.75, 3.05) is 5.32 Å². The summed E-state index contributed by atoms with van der Waals surface area (Å²) in [5.41, 5.74) is 3.76. The van der Waals surface area contributed by atoms with Gasteiger partial charge >= 0.3 is 0 Å². The number of halogens is 1. The van der Waals surface area contributed by atoms with Crippen LogP contribution in [0.5, 0.6) is 0 Å². The number of hydrogen-bond donors (Lipinski definition) is 1. The quantitative estimate of drug-likeness (QED) is 0.499. The van der Waals surface area contributed by atoms with Gasteiger partial charge in [0.05, 0.1) is 0 Å². The average Bonchev–Trinajstić information content (AvgIpc) is 3.07. The van der Waals surface area contributed by atoms with Gasteiger partial charge in [0, 0.05) is 21.3 Å². The highest BCUT2D eigenvalue weighted by molar-refractivity contribution is 9.10. The monoisotopic (exact) mass is 392 g/mol. The number of carbonyl (C=O) groups is 1. The highest BCUT2D eigenvalue weighted by Crippen LogP contribution is 2.25. The molecule has 5 heteroatoms. The molecule has 0 radical (unpaired) electrons. The topological polar surface area (TPSA) is 55.1 Å². The van der Waals surface area contributed by atoms with Gasteiger partial charge in [-0.25, -0.2) is 4.98 Å². The van der Waals surface area contributed by atoms with Crippen LogP contribution in [0.3, 0.4) is 0 Å². The second kappa shape index (κ2) is 6.53. The number of hydrogen-bond acceptors (Lipinski definition) is 3. The van der Waals surface area contributed by atoms with Crippen LogP contribution in [0.1, 0.15) is 10.4 Å². The van der Waals surface area contributed by atoms with Gasteiger partial charge in [0.25, 0.3) is 5.91 Å². The molecule has 25 heavy (non-hydrogen) atoms. The molecule has 0 saturated heterocycles. The summed E-state index contributed by atoms with van der Waals surface area (Å²) in [7, 11) is 0. The average molecular weight is 393 g/mol. The lowest BCUT2D eigenvalue weighted by Gasteiger charge is -2.06. The van der Waals surface area contributed by atoms with E-state index in [0.717, 1.165) is 21.1 Å². The maximum atomic E-state index is 12.2. The Morgan fingerprint density at radius 2 is 1.64 bits per heavy atom. The largest absolute Gasteiger partial charge is 0.436 e. The number of para-hydroxylation sites is 2.